The molecular formula is C27H33FN4O6S. The number of rotatable bonds is 10. The number of carbonyl (C=O) groups excluding carboxylic acids is 3. The topological polar surface area (TPSA) is 126 Å². The second kappa shape index (κ2) is 12.5. The summed E-state index contributed by atoms with van der Waals surface area (Å²) in [6.07, 6.45) is 2.33. The van der Waals surface area contributed by atoms with Crippen molar-refractivity contribution < 1.29 is 31.9 Å². The van der Waals surface area contributed by atoms with Crippen LogP contribution in [0.15, 0.2) is 36.4 Å². The van der Waals surface area contributed by atoms with Crippen LogP contribution in [0.3, 0.4) is 0 Å². The van der Waals surface area contributed by atoms with Crippen LogP contribution in [0.1, 0.15) is 60.6 Å². The number of nitrogens with zero attached hydrogens (tertiary/aromatic N) is 3. The van der Waals surface area contributed by atoms with E-state index in [1.54, 1.807) is 40.1 Å². The van der Waals surface area contributed by atoms with Crippen LogP contribution in [0.4, 0.5) is 10.2 Å². The third-order valence-corrected chi connectivity index (χ3v) is 8.05. The number of nitrogens with one attached hydrogen (secondary N) is 1. The van der Waals surface area contributed by atoms with Gasteiger partial charge in [0.1, 0.15) is 0 Å². The number of sulfonamides is 1. The second-order valence-corrected chi connectivity index (χ2v) is 11.5. The minimum absolute atomic E-state index is 0.0118. The number of hydrogen-bond acceptors (Lipinski definition) is 8. The van der Waals surface area contributed by atoms with Crippen LogP contribution in [-0.2, 0) is 36.6 Å². The quantitative estimate of drug-likeness (QED) is 0.440. The molecule has 10 nitrogen and oxygen atoms in total. The number of benzene rings is 1. The van der Waals surface area contributed by atoms with Crippen molar-refractivity contribution in [2.45, 2.75) is 51.3 Å². The molecule has 2 aliphatic heterocycles. The Bertz CT molecular complexity index is 1310. The third kappa shape index (κ3) is 7.31. The standard InChI is InChI=1S/C27H33FN4O6S/c1-2-15-38-27(35)21-16-22(28)25(29-23(21)17-32-12-6-9-24(32)33)31-13-10-20(11-14-31)26(34)30-39(36,37)18-19-7-4-3-5-8-19/h3-5,7-8,16,20H,2,6,9-15,17-18H2,1H3,(H,30,34). The van der Waals surface area contributed by atoms with Gasteiger partial charge in [-0.15, -0.1) is 0 Å². The van der Waals surface area contributed by atoms with Crippen LogP contribution >= 0.6 is 0 Å². The lowest BCUT2D eigenvalue weighted by molar-refractivity contribution is -0.128. The molecule has 1 N–H and O–H groups in total. The first-order valence-corrected chi connectivity index (χ1v) is 14.8. The van der Waals surface area contributed by atoms with E-state index in [-0.39, 0.29) is 55.0 Å². The van der Waals surface area contributed by atoms with Crippen LogP contribution in [-0.4, -0.2) is 62.3 Å². The molecule has 0 radical (unpaired) electrons. The molecule has 0 saturated carbocycles. The molecule has 2 amide bonds. The lowest BCUT2D eigenvalue weighted by Gasteiger charge is -2.32. The maximum atomic E-state index is 15.2. The van der Waals surface area contributed by atoms with E-state index in [1.807, 2.05) is 6.92 Å². The maximum Gasteiger partial charge on any atom is 0.340 e. The van der Waals surface area contributed by atoms with E-state index in [2.05, 4.69) is 9.71 Å². The SMILES string of the molecule is CCCOC(=O)c1cc(F)c(N2CCC(C(=O)NS(=O)(=O)Cc3ccccc3)CC2)nc1CN1CCCC1=O. The van der Waals surface area contributed by atoms with Crippen LogP contribution in [0.25, 0.3) is 0 Å². The first-order chi connectivity index (χ1) is 18.7. The summed E-state index contributed by atoms with van der Waals surface area (Å²) in [7, 11) is -3.86. The molecule has 2 fully saturated rings. The molecule has 1 aromatic heterocycles. The summed E-state index contributed by atoms with van der Waals surface area (Å²) in [4.78, 5) is 45.3. The van der Waals surface area contributed by atoms with Crippen LogP contribution in [0.5, 0.6) is 0 Å². The Morgan fingerprint density at radius 3 is 2.51 bits per heavy atom. The smallest absolute Gasteiger partial charge is 0.340 e. The summed E-state index contributed by atoms with van der Waals surface area (Å²) in [5, 5.41) is 0. The first-order valence-electron chi connectivity index (χ1n) is 13.1. The van der Waals surface area contributed by atoms with Gasteiger partial charge in [-0.25, -0.2) is 22.6 Å². The highest BCUT2D eigenvalue weighted by Gasteiger charge is 2.31. The highest BCUT2D eigenvalue weighted by molar-refractivity contribution is 7.89. The maximum absolute atomic E-state index is 15.2. The fourth-order valence-corrected chi connectivity index (χ4v) is 5.96. The Morgan fingerprint density at radius 1 is 1.15 bits per heavy atom. The zero-order valence-corrected chi connectivity index (χ0v) is 22.7. The van der Waals surface area contributed by atoms with Gasteiger partial charge in [0.05, 0.1) is 30.2 Å². The Hall–Kier alpha value is -3.54. The molecule has 210 valence electrons. The Morgan fingerprint density at radius 2 is 1.87 bits per heavy atom. The highest BCUT2D eigenvalue weighted by Crippen LogP contribution is 2.28. The number of anilines is 1. The van der Waals surface area contributed by atoms with Crippen molar-refractivity contribution in [3.8, 4) is 0 Å². The lowest BCUT2D eigenvalue weighted by Crippen LogP contribution is -2.43. The van der Waals surface area contributed by atoms with Crippen LogP contribution < -0.4 is 9.62 Å². The summed E-state index contributed by atoms with van der Waals surface area (Å²) >= 11 is 0. The molecule has 0 bridgehead atoms. The molecular weight excluding hydrogens is 527 g/mol. The Balaban J connectivity index is 1.44. The molecule has 4 rings (SSSR count). The van der Waals surface area contributed by atoms with Crippen molar-refractivity contribution in [1.29, 1.82) is 0 Å². The van der Waals surface area contributed by atoms with E-state index < -0.39 is 33.6 Å². The molecule has 1 aromatic carbocycles. The summed E-state index contributed by atoms with van der Waals surface area (Å²) in [5.74, 6) is -2.86. The monoisotopic (exact) mass is 560 g/mol. The van der Waals surface area contributed by atoms with E-state index in [0.29, 0.717) is 44.2 Å². The number of halogens is 1. The number of ether oxygens (including phenoxy) is 1. The normalized spacial score (nSPS) is 16.4. The minimum atomic E-state index is -3.86. The van der Waals surface area contributed by atoms with Gasteiger partial charge in [0, 0.05) is 32.0 Å². The zero-order chi connectivity index (χ0) is 28.0. The Labute approximate surface area is 227 Å². The molecule has 2 aliphatic rings. The van der Waals surface area contributed by atoms with Gasteiger partial charge < -0.3 is 14.5 Å². The average Bonchev–Trinajstić information content (AvgIpc) is 3.32. The molecule has 2 saturated heterocycles. The van der Waals surface area contributed by atoms with Crippen molar-refractivity contribution in [3.05, 3.63) is 59.0 Å². The first kappa shape index (κ1) is 28.5. The summed E-state index contributed by atoms with van der Waals surface area (Å²) in [6.45, 7) is 3.17. The van der Waals surface area contributed by atoms with E-state index in [1.165, 1.54) is 0 Å². The van der Waals surface area contributed by atoms with Crippen molar-refractivity contribution >= 4 is 33.6 Å². The number of pyridine rings is 1. The molecule has 0 aliphatic carbocycles. The average molecular weight is 561 g/mol. The fourth-order valence-electron chi connectivity index (χ4n) is 4.78. The second-order valence-electron chi connectivity index (χ2n) is 9.82. The number of likely N-dealkylation sites (tertiary alicyclic amines) is 1. The Kier molecular flexibility index (Phi) is 9.16. The molecule has 0 unspecified atom stereocenters. The number of esters is 1. The van der Waals surface area contributed by atoms with E-state index in [0.717, 1.165) is 6.07 Å². The van der Waals surface area contributed by atoms with Gasteiger partial charge in [-0.1, -0.05) is 37.3 Å². The molecule has 0 atom stereocenters. The van der Waals surface area contributed by atoms with Gasteiger partial charge in [0.25, 0.3) is 0 Å². The fraction of sp³-hybridized carbons (Fsp3) is 0.481. The summed E-state index contributed by atoms with van der Waals surface area (Å²) in [6, 6.07) is 9.68. The van der Waals surface area contributed by atoms with Gasteiger partial charge >= 0.3 is 5.97 Å². The predicted molar refractivity (Wildman–Crippen MR) is 142 cm³/mol. The van der Waals surface area contributed by atoms with E-state index in [9.17, 15) is 22.8 Å². The van der Waals surface area contributed by atoms with Crippen molar-refractivity contribution in [2.75, 3.05) is 31.1 Å². The summed E-state index contributed by atoms with van der Waals surface area (Å²) in [5.41, 5.74) is 0.819. The van der Waals surface area contributed by atoms with E-state index >= 15 is 4.39 Å². The van der Waals surface area contributed by atoms with Gasteiger partial charge in [0.15, 0.2) is 11.6 Å². The summed E-state index contributed by atoms with van der Waals surface area (Å²) < 4.78 is 47.5. The molecule has 39 heavy (non-hydrogen) atoms. The van der Waals surface area contributed by atoms with E-state index in [4.69, 9.17) is 4.74 Å². The number of aromatic nitrogens is 1. The molecule has 2 aromatic rings. The molecule has 12 heteroatoms. The van der Waals surface area contributed by atoms with Gasteiger partial charge in [-0.2, -0.15) is 0 Å². The van der Waals surface area contributed by atoms with Crippen LogP contribution in [0, 0.1) is 11.7 Å². The number of carbonyl (C=O) groups is 3. The number of piperidine rings is 1. The molecule has 0 spiro atoms. The van der Waals surface area contributed by atoms with Gasteiger partial charge in [-0.3, -0.25) is 14.3 Å². The highest BCUT2D eigenvalue weighted by atomic mass is 32.2. The van der Waals surface area contributed by atoms with Crippen molar-refractivity contribution in [2.24, 2.45) is 5.92 Å². The van der Waals surface area contributed by atoms with Crippen molar-refractivity contribution in [1.82, 2.24) is 14.6 Å². The largest absolute Gasteiger partial charge is 0.462 e. The molecule has 3 heterocycles. The van der Waals surface area contributed by atoms with Gasteiger partial charge in [-0.05, 0) is 37.3 Å². The zero-order valence-electron chi connectivity index (χ0n) is 21.9. The predicted octanol–water partition coefficient (Wildman–Crippen LogP) is 2.77. The van der Waals surface area contributed by atoms with Crippen molar-refractivity contribution in [3.63, 3.8) is 0 Å². The minimum Gasteiger partial charge on any atom is -0.462 e. The lowest BCUT2D eigenvalue weighted by atomic mass is 9.96. The van der Waals surface area contributed by atoms with Crippen LogP contribution in [0.2, 0.25) is 0 Å². The number of amides is 2. The number of hydrogen-bond donors (Lipinski definition) is 1. The van der Waals surface area contributed by atoms with Gasteiger partial charge in [0.2, 0.25) is 21.8 Å². The third-order valence-electron chi connectivity index (χ3n) is 6.83.